The van der Waals surface area contributed by atoms with Crippen LogP contribution < -0.4 is 5.73 Å². The van der Waals surface area contributed by atoms with Gasteiger partial charge in [-0.25, -0.2) is 0 Å². The van der Waals surface area contributed by atoms with Crippen LogP contribution in [-0.2, 0) is 9.53 Å². The van der Waals surface area contributed by atoms with E-state index in [1.807, 2.05) is 41.5 Å². The van der Waals surface area contributed by atoms with Gasteiger partial charge in [-0.15, -0.1) is 12.4 Å². The fourth-order valence-corrected chi connectivity index (χ4v) is 2.81. The molecule has 0 aliphatic carbocycles. The number of thioether (sulfide) groups is 1. The molecule has 1 fully saturated rings. The Balaban J connectivity index is 0.00000220. The maximum atomic E-state index is 12.3. The van der Waals surface area contributed by atoms with Gasteiger partial charge in [0, 0.05) is 6.54 Å². The summed E-state index contributed by atoms with van der Waals surface area (Å²) in [6.45, 7) is 1.80. The molecule has 0 bridgehead atoms. The third-order valence-corrected chi connectivity index (χ3v) is 4.14. The third kappa shape index (κ3) is 5.18. The van der Waals surface area contributed by atoms with Gasteiger partial charge in [0.15, 0.2) is 0 Å². The molecule has 2 rings (SSSR count). The number of hydrogen-bond acceptors (Lipinski definition) is 4. The van der Waals surface area contributed by atoms with E-state index in [4.69, 9.17) is 10.5 Å². The lowest BCUT2D eigenvalue weighted by Gasteiger charge is -2.34. The van der Waals surface area contributed by atoms with Crippen molar-refractivity contribution in [2.45, 2.75) is 18.6 Å². The Hall–Kier alpha value is -0.750. The molecule has 1 heterocycles. The standard InChI is InChI=1S/C15H22N2O2S.ClH/c1-20-10-7-13(16)15(18)17-8-9-19-14(11-17)12-5-3-2-4-6-12;/h2-6,13-14H,7-11,16H2,1H3;1H. The molecule has 2 N–H and O–H groups in total. The summed E-state index contributed by atoms with van der Waals surface area (Å²) in [5.41, 5.74) is 7.09. The molecule has 1 saturated heterocycles. The summed E-state index contributed by atoms with van der Waals surface area (Å²) in [6.07, 6.45) is 2.71. The average molecular weight is 331 g/mol. The Morgan fingerprint density at radius 1 is 1.48 bits per heavy atom. The number of amides is 1. The number of morpholine rings is 1. The minimum atomic E-state index is -0.392. The van der Waals surface area contributed by atoms with E-state index in [1.165, 1.54) is 0 Å². The molecule has 1 amide bonds. The molecule has 4 nitrogen and oxygen atoms in total. The lowest BCUT2D eigenvalue weighted by atomic mass is 10.1. The van der Waals surface area contributed by atoms with Gasteiger partial charge in [-0.05, 0) is 24.0 Å². The summed E-state index contributed by atoms with van der Waals surface area (Å²) in [5, 5.41) is 0. The van der Waals surface area contributed by atoms with Crippen LogP contribution in [-0.4, -0.2) is 48.6 Å². The summed E-state index contributed by atoms with van der Waals surface area (Å²) in [5.74, 6) is 0.961. The molecule has 1 aliphatic heterocycles. The summed E-state index contributed by atoms with van der Waals surface area (Å²) in [7, 11) is 0. The number of hydrogen-bond donors (Lipinski definition) is 1. The van der Waals surface area contributed by atoms with Gasteiger partial charge in [-0.3, -0.25) is 4.79 Å². The smallest absolute Gasteiger partial charge is 0.239 e. The number of carbonyl (C=O) groups excluding carboxylic acids is 1. The van der Waals surface area contributed by atoms with Crippen molar-refractivity contribution in [2.24, 2.45) is 5.73 Å². The van der Waals surface area contributed by atoms with E-state index in [-0.39, 0.29) is 24.4 Å². The molecule has 0 aromatic heterocycles. The number of halogens is 1. The van der Waals surface area contributed by atoms with Gasteiger partial charge in [0.1, 0.15) is 6.10 Å². The van der Waals surface area contributed by atoms with Crippen LogP contribution in [0, 0.1) is 0 Å². The van der Waals surface area contributed by atoms with Crippen molar-refractivity contribution in [3.05, 3.63) is 35.9 Å². The van der Waals surface area contributed by atoms with Crippen LogP contribution >= 0.6 is 24.2 Å². The SMILES string of the molecule is CSCCC(N)C(=O)N1CCOC(c2ccccc2)C1.Cl. The number of nitrogens with two attached hydrogens (primary N) is 1. The summed E-state index contributed by atoms with van der Waals surface area (Å²) >= 11 is 1.72. The summed E-state index contributed by atoms with van der Waals surface area (Å²) in [4.78, 5) is 14.2. The van der Waals surface area contributed by atoms with Gasteiger partial charge >= 0.3 is 0 Å². The highest BCUT2D eigenvalue weighted by Crippen LogP contribution is 2.22. The van der Waals surface area contributed by atoms with Gasteiger partial charge in [-0.2, -0.15) is 11.8 Å². The summed E-state index contributed by atoms with van der Waals surface area (Å²) < 4.78 is 5.77. The number of carbonyl (C=O) groups is 1. The molecule has 1 aliphatic rings. The highest BCUT2D eigenvalue weighted by atomic mass is 35.5. The molecular formula is C15H23ClN2O2S. The van der Waals surface area contributed by atoms with Crippen LogP contribution in [0.1, 0.15) is 18.1 Å². The number of nitrogens with zero attached hydrogens (tertiary/aromatic N) is 1. The van der Waals surface area contributed by atoms with Crippen LogP contribution in [0.4, 0.5) is 0 Å². The molecule has 118 valence electrons. The molecule has 0 spiro atoms. The predicted octanol–water partition coefficient (Wildman–Crippen LogP) is 2.09. The minimum absolute atomic E-state index is 0. The van der Waals surface area contributed by atoms with Crippen LogP contribution in [0.5, 0.6) is 0 Å². The van der Waals surface area contributed by atoms with Gasteiger partial charge in [-0.1, -0.05) is 30.3 Å². The Kier molecular flexibility index (Phi) is 8.11. The zero-order chi connectivity index (χ0) is 14.4. The van der Waals surface area contributed by atoms with E-state index in [0.29, 0.717) is 19.7 Å². The van der Waals surface area contributed by atoms with Crippen molar-refractivity contribution in [1.29, 1.82) is 0 Å². The first-order valence-corrected chi connectivity index (χ1v) is 8.31. The van der Waals surface area contributed by atoms with Crippen molar-refractivity contribution >= 4 is 30.1 Å². The topological polar surface area (TPSA) is 55.6 Å². The molecular weight excluding hydrogens is 308 g/mol. The van der Waals surface area contributed by atoms with Crippen molar-refractivity contribution in [3.63, 3.8) is 0 Å². The molecule has 21 heavy (non-hydrogen) atoms. The molecule has 1 aromatic carbocycles. The second-order valence-corrected chi connectivity index (χ2v) is 5.93. The second-order valence-electron chi connectivity index (χ2n) is 4.94. The van der Waals surface area contributed by atoms with Crippen LogP contribution in [0.2, 0.25) is 0 Å². The van der Waals surface area contributed by atoms with Gasteiger partial charge in [0.2, 0.25) is 5.91 Å². The maximum absolute atomic E-state index is 12.3. The third-order valence-electron chi connectivity index (χ3n) is 3.50. The lowest BCUT2D eigenvalue weighted by Crippen LogP contribution is -2.49. The molecule has 1 aromatic rings. The minimum Gasteiger partial charge on any atom is -0.370 e. The fourth-order valence-electron chi connectivity index (χ4n) is 2.32. The van der Waals surface area contributed by atoms with Crippen molar-refractivity contribution < 1.29 is 9.53 Å². The van der Waals surface area contributed by atoms with E-state index >= 15 is 0 Å². The van der Waals surface area contributed by atoms with Gasteiger partial charge in [0.25, 0.3) is 0 Å². The van der Waals surface area contributed by atoms with Crippen LogP contribution in [0.3, 0.4) is 0 Å². The molecule has 0 radical (unpaired) electrons. The zero-order valence-electron chi connectivity index (χ0n) is 12.2. The molecule has 0 saturated carbocycles. The first kappa shape index (κ1) is 18.3. The molecule has 6 heteroatoms. The largest absolute Gasteiger partial charge is 0.370 e. The average Bonchev–Trinajstić information content (AvgIpc) is 2.53. The quantitative estimate of drug-likeness (QED) is 0.898. The predicted molar refractivity (Wildman–Crippen MR) is 89.9 cm³/mol. The summed E-state index contributed by atoms with van der Waals surface area (Å²) in [6, 6.07) is 9.64. The molecule has 2 atom stereocenters. The van der Waals surface area contributed by atoms with Crippen molar-refractivity contribution in [2.75, 3.05) is 31.7 Å². The molecule has 2 unspecified atom stereocenters. The fraction of sp³-hybridized carbons (Fsp3) is 0.533. The Morgan fingerprint density at radius 2 is 2.19 bits per heavy atom. The number of rotatable bonds is 5. The monoisotopic (exact) mass is 330 g/mol. The van der Waals surface area contributed by atoms with Crippen molar-refractivity contribution in [3.8, 4) is 0 Å². The Bertz CT molecular complexity index is 433. The highest BCUT2D eigenvalue weighted by Gasteiger charge is 2.28. The van der Waals surface area contributed by atoms with E-state index < -0.39 is 6.04 Å². The maximum Gasteiger partial charge on any atom is 0.239 e. The number of benzene rings is 1. The zero-order valence-corrected chi connectivity index (χ0v) is 13.9. The highest BCUT2D eigenvalue weighted by molar-refractivity contribution is 7.98. The van der Waals surface area contributed by atoms with Crippen LogP contribution in [0.15, 0.2) is 30.3 Å². The Morgan fingerprint density at radius 3 is 2.86 bits per heavy atom. The second kappa shape index (κ2) is 9.30. The lowest BCUT2D eigenvalue weighted by molar-refractivity contribution is -0.140. The van der Waals surface area contributed by atoms with E-state index in [0.717, 1.165) is 17.7 Å². The van der Waals surface area contributed by atoms with Crippen LogP contribution in [0.25, 0.3) is 0 Å². The van der Waals surface area contributed by atoms with E-state index in [1.54, 1.807) is 11.8 Å². The van der Waals surface area contributed by atoms with Crippen molar-refractivity contribution in [1.82, 2.24) is 4.90 Å². The van der Waals surface area contributed by atoms with Gasteiger partial charge < -0.3 is 15.4 Å². The van der Waals surface area contributed by atoms with E-state index in [9.17, 15) is 4.79 Å². The number of ether oxygens (including phenoxy) is 1. The Labute approximate surface area is 136 Å². The normalized spacial score (nSPS) is 19.7. The first-order valence-electron chi connectivity index (χ1n) is 6.92. The van der Waals surface area contributed by atoms with Gasteiger partial charge in [0.05, 0.1) is 19.2 Å². The van der Waals surface area contributed by atoms with E-state index in [2.05, 4.69) is 0 Å². The first-order chi connectivity index (χ1) is 9.72.